The number of rotatable bonds is 5. The first-order chi connectivity index (χ1) is 10.5. The molecule has 6 heteroatoms. The second-order valence-electron chi connectivity index (χ2n) is 4.48. The van der Waals surface area contributed by atoms with Crippen molar-refractivity contribution in [2.45, 2.75) is 0 Å². The summed E-state index contributed by atoms with van der Waals surface area (Å²) in [5.41, 5.74) is 0.627. The molecule has 0 N–H and O–H groups in total. The van der Waals surface area contributed by atoms with E-state index >= 15 is 0 Å². The van der Waals surface area contributed by atoms with Gasteiger partial charge in [-0.15, -0.1) is 0 Å². The summed E-state index contributed by atoms with van der Waals surface area (Å²) in [6.07, 6.45) is 2.67. The molecule has 0 aliphatic heterocycles. The predicted octanol–water partition coefficient (Wildman–Crippen LogP) is 3.78. The minimum atomic E-state index is -0.674. The van der Waals surface area contributed by atoms with Crippen molar-refractivity contribution >= 4 is 12.4 Å². The lowest BCUT2D eigenvalue weighted by Crippen LogP contribution is -1.92. The SMILES string of the molecule is Fc1cc(F)cc(/C=N/CC/N=C/c2cc(F)cc(F)c2)c1. The van der Waals surface area contributed by atoms with Gasteiger partial charge in [-0.05, 0) is 35.4 Å². The highest BCUT2D eigenvalue weighted by Gasteiger charge is 1.98. The van der Waals surface area contributed by atoms with E-state index in [1.807, 2.05) is 0 Å². The molecule has 2 aromatic carbocycles. The summed E-state index contributed by atoms with van der Waals surface area (Å²) >= 11 is 0. The van der Waals surface area contributed by atoms with Crippen LogP contribution in [0, 0.1) is 23.3 Å². The van der Waals surface area contributed by atoms with Crippen molar-refractivity contribution < 1.29 is 17.6 Å². The largest absolute Gasteiger partial charge is 0.291 e. The highest BCUT2D eigenvalue weighted by molar-refractivity contribution is 5.80. The molecule has 0 aliphatic rings. The first-order valence-electron chi connectivity index (χ1n) is 6.45. The molecular formula is C16H12F4N2. The highest BCUT2D eigenvalue weighted by atomic mass is 19.1. The third kappa shape index (κ3) is 5.12. The minimum absolute atomic E-state index is 0.284. The van der Waals surface area contributed by atoms with Crippen molar-refractivity contribution in [3.8, 4) is 0 Å². The number of aliphatic imine (C=N–C) groups is 2. The van der Waals surface area contributed by atoms with Crippen molar-refractivity contribution in [2.75, 3.05) is 13.1 Å². The third-order valence-electron chi connectivity index (χ3n) is 2.61. The first-order valence-corrected chi connectivity index (χ1v) is 6.45. The van der Waals surface area contributed by atoms with Crippen molar-refractivity contribution in [1.82, 2.24) is 0 Å². The number of hydrogen-bond donors (Lipinski definition) is 0. The molecule has 114 valence electrons. The predicted molar refractivity (Wildman–Crippen MR) is 77.6 cm³/mol. The Morgan fingerprint density at radius 1 is 0.591 bits per heavy atom. The fraction of sp³-hybridized carbons (Fsp3) is 0.125. The Morgan fingerprint density at radius 2 is 0.909 bits per heavy atom. The lowest BCUT2D eigenvalue weighted by atomic mass is 10.2. The van der Waals surface area contributed by atoms with Crippen LogP contribution in [0.5, 0.6) is 0 Å². The van der Waals surface area contributed by atoms with E-state index in [4.69, 9.17) is 0 Å². The zero-order chi connectivity index (χ0) is 15.9. The van der Waals surface area contributed by atoms with Crippen LogP contribution in [0.25, 0.3) is 0 Å². The van der Waals surface area contributed by atoms with Gasteiger partial charge in [0, 0.05) is 24.6 Å². The van der Waals surface area contributed by atoms with Crippen molar-refractivity contribution in [3.63, 3.8) is 0 Å². The zero-order valence-electron chi connectivity index (χ0n) is 11.4. The van der Waals surface area contributed by atoms with E-state index in [2.05, 4.69) is 9.98 Å². The van der Waals surface area contributed by atoms with Crippen LogP contribution < -0.4 is 0 Å². The van der Waals surface area contributed by atoms with Crippen LogP contribution in [-0.4, -0.2) is 25.5 Å². The summed E-state index contributed by atoms with van der Waals surface area (Å²) in [6, 6.07) is 6.19. The van der Waals surface area contributed by atoms with Gasteiger partial charge in [0.2, 0.25) is 0 Å². The van der Waals surface area contributed by atoms with Crippen molar-refractivity contribution in [3.05, 3.63) is 70.8 Å². The van der Waals surface area contributed by atoms with Gasteiger partial charge < -0.3 is 0 Å². The highest BCUT2D eigenvalue weighted by Crippen LogP contribution is 2.06. The molecule has 2 rings (SSSR count). The molecule has 0 bridgehead atoms. The Hall–Kier alpha value is -2.50. The van der Waals surface area contributed by atoms with E-state index in [0.29, 0.717) is 11.1 Å². The van der Waals surface area contributed by atoms with Gasteiger partial charge in [0.25, 0.3) is 0 Å². The Kier molecular flexibility index (Phi) is 5.41. The molecule has 0 spiro atoms. The second kappa shape index (κ2) is 7.49. The second-order valence-corrected chi connectivity index (χ2v) is 4.48. The Labute approximate surface area is 124 Å². The van der Waals surface area contributed by atoms with Gasteiger partial charge in [-0.3, -0.25) is 9.98 Å². The van der Waals surface area contributed by atoms with Crippen LogP contribution in [0.15, 0.2) is 46.4 Å². The van der Waals surface area contributed by atoms with Gasteiger partial charge in [0.15, 0.2) is 0 Å². The van der Waals surface area contributed by atoms with E-state index in [-0.39, 0.29) is 13.1 Å². The van der Waals surface area contributed by atoms with Crippen LogP contribution in [0.3, 0.4) is 0 Å². The van der Waals surface area contributed by atoms with Gasteiger partial charge in [-0.2, -0.15) is 0 Å². The molecule has 0 unspecified atom stereocenters. The molecule has 2 aromatic rings. The Bertz CT molecular complexity index is 609. The van der Waals surface area contributed by atoms with E-state index in [1.54, 1.807) is 0 Å². The van der Waals surface area contributed by atoms with Gasteiger partial charge in [0.05, 0.1) is 13.1 Å². The zero-order valence-corrected chi connectivity index (χ0v) is 11.4. The monoisotopic (exact) mass is 308 g/mol. The van der Waals surface area contributed by atoms with Crippen LogP contribution in [0.1, 0.15) is 11.1 Å². The van der Waals surface area contributed by atoms with E-state index in [1.165, 1.54) is 12.4 Å². The molecule has 0 saturated heterocycles. The number of hydrogen-bond acceptors (Lipinski definition) is 2. The molecule has 2 nitrogen and oxygen atoms in total. The standard InChI is InChI=1S/C16H12F4N2/c17-13-3-11(4-14(18)7-13)9-21-1-2-22-10-12-5-15(19)8-16(20)6-12/h3-10H,1-2H2/b21-9+,22-10+. The maximum Gasteiger partial charge on any atom is 0.126 e. The smallest absolute Gasteiger partial charge is 0.126 e. The molecule has 0 aromatic heterocycles. The first kappa shape index (κ1) is 15.9. The molecule has 0 saturated carbocycles. The molecule has 0 radical (unpaired) electrons. The van der Waals surface area contributed by atoms with Crippen LogP contribution >= 0.6 is 0 Å². The van der Waals surface area contributed by atoms with Gasteiger partial charge >= 0.3 is 0 Å². The third-order valence-corrected chi connectivity index (χ3v) is 2.61. The quantitative estimate of drug-likeness (QED) is 0.456. The summed E-state index contributed by atoms with van der Waals surface area (Å²) in [7, 11) is 0. The fourth-order valence-corrected chi connectivity index (χ4v) is 1.75. The topological polar surface area (TPSA) is 24.7 Å². The fourth-order valence-electron chi connectivity index (χ4n) is 1.75. The number of nitrogens with zero attached hydrogens (tertiary/aromatic N) is 2. The van der Waals surface area contributed by atoms with Gasteiger partial charge in [-0.1, -0.05) is 0 Å². The van der Waals surface area contributed by atoms with Crippen LogP contribution in [-0.2, 0) is 0 Å². The summed E-state index contributed by atoms with van der Waals surface area (Å²) in [5.74, 6) is -2.69. The average molecular weight is 308 g/mol. The molecule has 0 fully saturated rings. The van der Waals surface area contributed by atoms with Crippen molar-refractivity contribution in [1.29, 1.82) is 0 Å². The molecule has 0 atom stereocenters. The molecule has 22 heavy (non-hydrogen) atoms. The maximum atomic E-state index is 12.9. The minimum Gasteiger partial charge on any atom is -0.291 e. The van der Waals surface area contributed by atoms with E-state index in [0.717, 1.165) is 36.4 Å². The lowest BCUT2D eigenvalue weighted by Gasteiger charge is -1.96. The number of halogens is 4. The van der Waals surface area contributed by atoms with E-state index in [9.17, 15) is 17.6 Å². The average Bonchev–Trinajstić information content (AvgIpc) is 2.40. The maximum absolute atomic E-state index is 12.9. The Morgan fingerprint density at radius 3 is 1.23 bits per heavy atom. The molecule has 0 heterocycles. The summed E-state index contributed by atoms with van der Waals surface area (Å²) in [6.45, 7) is 0.568. The van der Waals surface area contributed by atoms with Crippen LogP contribution in [0.2, 0.25) is 0 Å². The summed E-state index contributed by atoms with van der Waals surface area (Å²) in [5, 5.41) is 0. The normalized spacial score (nSPS) is 11.6. The van der Waals surface area contributed by atoms with E-state index < -0.39 is 23.3 Å². The Balaban J connectivity index is 1.86. The summed E-state index contributed by atoms with van der Waals surface area (Å²) < 4.78 is 51.7. The lowest BCUT2D eigenvalue weighted by molar-refractivity contribution is 0.582. The molecular weight excluding hydrogens is 296 g/mol. The van der Waals surface area contributed by atoms with Gasteiger partial charge in [-0.25, -0.2) is 17.6 Å². The molecule has 0 amide bonds. The van der Waals surface area contributed by atoms with Gasteiger partial charge in [0.1, 0.15) is 23.3 Å². The van der Waals surface area contributed by atoms with Crippen molar-refractivity contribution in [2.24, 2.45) is 9.98 Å². The molecule has 0 aliphatic carbocycles. The van der Waals surface area contributed by atoms with Crippen LogP contribution in [0.4, 0.5) is 17.6 Å². The summed E-state index contributed by atoms with van der Waals surface area (Å²) in [4.78, 5) is 7.94. The number of benzene rings is 2.